The molecular weight excluding hydrogens is 498 g/mol. The molecule has 5 unspecified atom stereocenters. The number of aliphatic hydroxyl groups is 1. The van der Waals surface area contributed by atoms with E-state index >= 15 is 0 Å². The zero-order chi connectivity index (χ0) is 28.6. The molecule has 0 bridgehead atoms. The molecule has 0 aliphatic carbocycles. The zero-order valence-corrected chi connectivity index (χ0v) is 21.4. The number of hydrogen-bond donors (Lipinski definition) is 8. The Balaban J connectivity index is 2.17. The van der Waals surface area contributed by atoms with Gasteiger partial charge in [0, 0.05) is 29.9 Å². The molecule has 0 spiro atoms. The molecular formula is C25H35N5O8. The fourth-order valence-electron chi connectivity index (χ4n) is 3.79. The Bertz CT molecular complexity index is 1160. The van der Waals surface area contributed by atoms with Crippen LogP contribution in [0.4, 0.5) is 0 Å². The molecule has 9 N–H and O–H groups in total. The Morgan fingerprint density at radius 3 is 2.13 bits per heavy atom. The number of rotatable bonds is 14. The van der Waals surface area contributed by atoms with Gasteiger partial charge in [-0.1, -0.05) is 32.0 Å². The number of aromatic nitrogens is 1. The topological polar surface area (TPSA) is 224 Å². The molecule has 208 valence electrons. The molecule has 5 atom stereocenters. The van der Waals surface area contributed by atoms with Crippen LogP contribution in [0.5, 0.6) is 0 Å². The quantitative estimate of drug-likeness (QED) is 0.156. The number of aliphatic hydroxyl groups excluding tert-OH is 1. The van der Waals surface area contributed by atoms with E-state index in [-0.39, 0.29) is 12.8 Å². The van der Waals surface area contributed by atoms with Gasteiger partial charge < -0.3 is 42.0 Å². The van der Waals surface area contributed by atoms with Gasteiger partial charge in [0.05, 0.1) is 6.10 Å². The SMILES string of the molecule is CC(C)C(NC(=O)C(CCC(=O)O)NC(=O)C(N)C(C)O)C(=O)NC(Cc1c[nH]c2ccccc12)C(=O)O. The zero-order valence-electron chi connectivity index (χ0n) is 21.4. The summed E-state index contributed by atoms with van der Waals surface area (Å²) in [5, 5.41) is 36.4. The van der Waals surface area contributed by atoms with E-state index in [4.69, 9.17) is 10.8 Å². The van der Waals surface area contributed by atoms with E-state index in [2.05, 4.69) is 20.9 Å². The number of para-hydroxylation sites is 1. The van der Waals surface area contributed by atoms with E-state index in [0.29, 0.717) is 5.56 Å². The van der Waals surface area contributed by atoms with E-state index in [1.807, 2.05) is 24.3 Å². The minimum atomic E-state index is -1.36. The first kappa shape index (κ1) is 30.3. The lowest BCUT2D eigenvalue weighted by atomic mass is 10.00. The molecule has 0 radical (unpaired) electrons. The van der Waals surface area contributed by atoms with Crippen molar-refractivity contribution < 1.29 is 39.3 Å². The molecule has 2 aromatic rings. The first-order valence-corrected chi connectivity index (χ1v) is 12.2. The van der Waals surface area contributed by atoms with Crippen LogP contribution in [-0.2, 0) is 30.4 Å². The minimum Gasteiger partial charge on any atom is -0.481 e. The second-order valence-corrected chi connectivity index (χ2v) is 9.45. The normalized spacial score (nSPS) is 15.2. The maximum Gasteiger partial charge on any atom is 0.326 e. The Morgan fingerprint density at radius 1 is 0.921 bits per heavy atom. The van der Waals surface area contributed by atoms with Crippen LogP contribution in [0.2, 0.25) is 0 Å². The van der Waals surface area contributed by atoms with E-state index in [1.54, 1.807) is 20.0 Å². The number of carboxylic acid groups (broad SMARTS) is 2. The van der Waals surface area contributed by atoms with Crippen LogP contribution in [0.3, 0.4) is 0 Å². The molecule has 0 aliphatic heterocycles. The first-order valence-electron chi connectivity index (χ1n) is 12.2. The highest BCUT2D eigenvalue weighted by molar-refractivity contribution is 5.94. The van der Waals surface area contributed by atoms with Crippen molar-refractivity contribution in [3.63, 3.8) is 0 Å². The van der Waals surface area contributed by atoms with Gasteiger partial charge in [-0.3, -0.25) is 19.2 Å². The van der Waals surface area contributed by atoms with Crippen molar-refractivity contribution in [1.82, 2.24) is 20.9 Å². The second-order valence-electron chi connectivity index (χ2n) is 9.45. The van der Waals surface area contributed by atoms with Gasteiger partial charge in [-0.25, -0.2) is 4.79 Å². The summed E-state index contributed by atoms with van der Waals surface area (Å²) in [6.45, 7) is 4.55. The number of aliphatic carboxylic acids is 2. The van der Waals surface area contributed by atoms with E-state index in [9.17, 15) is 34.2 Å². The molecule has 0 saturated carbocycles. The van der Waals surface area contributed by atoms with E-state index < -0.39 is 72.3 Å². The smallest absolute Gasteiger partial charge is 0.326 e. The van der Waals surface area contributed by atoms with Crippen molar-refractivity contribution in [2.45, 2.75) is 70.3 Å². The summed E-state index contributed by atoms with van der Waals surface area (Å²) in [5.41, 5.74) is 7.10. The third-order valence-corrected chi connectivity index (χ3v) is 6.06. The number of nitrogens with one attached hydrogen (secondary N) is 4. The number of fused-ring (bicyclic) bond motifs is 1. The number of H-pyrrole nitrogens is 1. The van der Waals surface area contributed by atoms with Gasteiger partial charge in [0.15, 0.2) is 0 Å². The number of hydrogen-bond acceptors (Lipinski definition) is 7. The maximum absolute atomic E-state index is 13.1. The molecule has 13 heteroatoms. The molecule has 0 saturated heterocycles. The van der Waals surface area contributed by atoms with Crippen LogP contribution < -0.4 is 21.7 Å². The van der Waals surface area contributed by atoms with Crippen molar-refractivity contribution >= 4 is 40.6 Å². The molecule has 0 aliphatic rings. The fourth-order valence-corrected chi connectivity index (χ4v) is 3.79. The number of aromatic amines is 1. The van der Waals surface area contributed by atoms with Crippen molar-refractivity contribution in [2.24, 2.45) is 11.7 Å². The van der Waals surface area contributed by atoms with Crippen LogP contribution in [0.1, 0.15) is 39.2 Å². The molecule has 38 heavy (non-hydrogen) atoms. The molecule has 0 fully saturated rings. The van der Waals surface area contributed by atoms with Gasteiger partial charge in [-0.15, -0.1) is 0 Å². The van der Waals surface area contributed by atoms with E-state index in [1.165, 1.54) is 6.92 Å². The van der Waals surface area contributed by atoms with Crippen LogP contribution >= 0.6 is 0 Å². The summed E-state index contributed by atoms with van der Waals surface area (Å²) < 4.78 is 0. The largest absolute Gasteiger partial charge is 0.481 e. The lowest BCUT2D eigenvalue weighted by Gasteiger charge is -2.27. The molecule has 13 nitrogen and oxygen atoms in total. The average molecular weight is 534 g/mol. The Hall–Kier alpha value is -3.97. The van der Waals surface area contributed by atoms with Gasteiger partial charge in [0.2, 0.25) is 17.7 Å². The van der Waals surface area contributed by atoms with Crippen molar-refractivity contribution in [2.75, 3.05) is 0 Å². The lowest BCUT2D eigenvalue weighted by molar-refractivity contribution is -0.142. The lowest BCUT2D eigenvalue weighted by Crippen LogP contribution is -2.59. The number of nitrogens with two attached hydrogens (primary N) is 1. The summed E-state index contributed by atoms with van der Waals surface area (Å²) in [7, 11) is 0. The monoisotopic (exact) mass is 533 g/mol. The van der Waals surface area contributed by atoms with Gasteiger partial charge >= 0.3 is 11.9 Å². The Kier molecular flexibility index (Phi) is 10.8. The molecule has 1 aromatic heterocycles. The number of carbonyl (C=O) groups excluding carboxylic acids is 3. The third-order valence-electron chi connectivity index (χ3n) is 6.06. The van der Waals surface area contributed by atoms with Gasteiger partial charge in [-0.2, -0.15) is 0 Å². The standard InChI is InChI=1S/C25H35N5O8/c1-12(2)21(30-22(34)17(8-9-19(32)33)28-23(35)20(26)13(3)31)24(36)29-18(25(37)38)10-14-11-27-16-7-5-4-6-15(14)16/h4-7,11-13,17-18,20-21,27,31H,8-10,26H2,1-3H3,(H,28,35)(H,29,36)(H,30,34)(H,32,33)(H,37,38). The van der Waals surface area contributed by atoms with E-state index in [0.717, 1.165) is 10.9 Å². The predicted octanol–water partition coefficient (Wildman–Crippen LogP) is -0.522. The molecule has 3 amide bonds. The van der Waals surface area contributed by atoms with Crippen molar-refractivity contribution in [3.8, 4) is 0 Å². The van der Waals surface area contributed by atoms with Gasteiger partial charge in [-0.05, 0) is 30.9 Å². The second kappa shape index (κ2) is 13.5. The minimum absolute atomic E-state index is 0.0155. The van der Waals surface area contributed by atoms with Gasteiger partial charge in [0.25, 0.3) is 0 Å². The van der Waals surface area contributed by atoms with Gasteiger partial charge in [0.1, 0.15) is 24.2 Å². The summed E-state index contributed by atoms with van der Waals surface area (Å²) in [5.74, 6) is -5.45. The number of benzene rings is 1. The number of carbonyl (C=O) groups is 5. The summed E-state index contributed by atoms with van der Waals surface area (Å²) in [4.78, 5) is 64.5. The van der Waals surface area contributed by atoms with Crippen LogP contribution in [0, 0.1) is 5.92 Å². The number of amides is 3. The summed E-state index contributed by atoms with van der Waals surface area (Å²) in [6.07, 6.45) is -0.338. The molecule has 1 heterocycles. The highest BCUT2D eigenvalue weighted by Gasteiger charge is 2.33. The van der Waals surface area contributed by atoms with Crippen LogP contribution in [0.15, 0.2) is 30.5 Å². The van der Waals surface area contributed by atoms with Crippen molar-refractivity contribution in [3.05, 3.63) is 36.0 Å². The highest BCUT2D eigenvalue weighted by atomic mass is 16.4. The third kappa shape index (κ3) is 8.28. The predicted molar refractivity (Wildman–Crippen MR) is 137 cm³/mol. The van der Waals surface area contributed by atoms with Crippen LogP contribution in [-0.4, -0.2) is 80.2 Å². The summed E-state index contributed by atoms with van der Waals surface area (Å²) in [6, 6.07) is 2.09. The molecule has 2 rings (SSSR count). The number of carboxylic acids is 2. The Labute approximate surface area is 219 Å². The maximum atomic E-state index is 13.1. The van der Waals surface area contributed by atoms with Crippen LogP contribution in [0.25, 0.3) is 10.9 Å². The average Bonchev–Trinajstić information content (AvgIpc) is 3.25. The van der Waals surface area contributed by atoms with Crippen molar-refractivity contribution in [1.29, 1.82) is 0 Å². The fraction of sp³-hybridized carbons (Fsp3) is 0.480. The molecule has 1 aromatic carbocycles. The first-order chi connectivity index (χ1) is 17.8. The Morgan fingerprint density at radius 2 is 1.55 bits per heavy atom. The highest BCUT2D eigenvalue weighted by Crippen LogP contribution is 2.19. The summed E-state index contributed by atoms with van der Waals surface area (Å²) >= 11 is 0.